The molecular weight excluding hydrogens is 388 g/mol. The second-order valence-electron chi connectivity index (χ2n) is 6.41. The number of rotatable bonds is 7. The summed E-state index contributed by atoms with van der Waals surface area (Å²) in [5.41, 5.74) is 0.587. The second kappa shape index (κ2) is 8.77. The van der Waals surface area contributed by atoms with Crippen LogP contribution >= 0.6 is 0 Å². The van der Waals surface area contributed by atoms with E-state index in [1.54, 1.807) is 43.6 Å². The van der Waals surface area contributed by atoms with E-state index in [2.05, 4.69) is 5.32 Å². The van der Waals surface area contributed by atoms with Crippen molar-refractivity contribution in [3.8, 4) is 23.0 Å². The molecule has 0 radical (unpaired) electrons. The molecule has 0 aliphatic carbocycles. The quantitative estimate of drug-likeness (QED) is 0.641. The Hall–Kier alpha value is -3.68. The SMILES string of the molecule is CCn1cc(C(=O)Nc2ccc(OC)cc2OC)c2cc(OC)c(OC)cc2c1=O. The van der Waals surface area contributed by atoms with E-state index in [9.17, 15) is 9.59 Å². The molecule has 30 heavy (non-hydrogen) atoms. The Morgan fingerprint density at radius 3 is 2.10 bits per heavy atom. The fourth-order valence-electron chi connectivity index (χ4n) is 3.22. The van der Waals surface area contributed by atoms with Crippen LogP contribution in [0.3, 0.4) is 0 Å². The lowest BCUT2D eigenvalue weighted by molar-refractivity contribution is 0.102. The number of benzene rings is 2. The van der Waals surface area contributed by atoms with Gasteiger partial charge in [0.2, 0.25) is 0 Å². The Bertz CT molecular complexity index is 1150. The summed E-state index contributed by atoms with van der Waals surface area (Å²) in [4.78, 5) is 26.0. The Labute approximate surface area is 173 Å². The molecule has 1 amide bonds. The summed E-state index contributed by atoms with van der Waals surface area (Å²) in [7, 11) is 6.05. The molecule has 0 unspecified atom stereocenters. The minimum Gasteiger partial charge on any atom is -0.497 e. The molecule has 0 fully saturated rings. The van der Waals surface area contributed by atoms with Crippen molar-refractivity contribution in [3.63, 3.8) is 0 Å². The molecule has 1 N–H and O–H groups in total. The maximum atomic E-state index is 13.2. The van der Waals surface area contributed by atoms with E-state index < -0.39 is 5.91 Å². The van der Waals surface area contributed by atoms with Gasteiger partial charge in [0.25, 0.3) is 11.5 Å². The van der Waals surface area contributed by atoms with Crippen molar-refractivity contribution in [1.82, 2.24) is 4.57 Å². The summed E-state index contributed by atoms with van der Waals surface area (Å²) in [6, 6.07) is 8.31. The normalized spacial score (nSPS) is 10.6. The highest BCUT2D eigenvalue weighted by atomic mass is 16.5. The number of hydrogen-bond acceptors (Lipinski definition) is 6. The maximum absolute atomic E-state index is 13.2. The molecule has 8 nitrogen and oxygen atoms in total. The first-order chi connectivity index (χ1) is 14.5. The molecule has 0 atom stereocenters. The van der Waals surface area contributed by atoms with E-state index in [1.807, 2.05) is 6.92 Å². The molecule has 0 saturated heterocycles. The molecular formula is C22H24N2O6. The molecule has 0 aliphatic rings. The lowest BCUT2D eigenvalue weighted by atomic mass is 10.1. The van der Waals surface area contributed by atoms with Crippen LogP contribution in [-0.4, -0.2) is 38.9 Å². The van der Waals surface area contributed by atoms with Gasteiger partial charge < -0.3 is 28.8 Å². The van der Waals surface area contributed by atoms with Crippen LogP contribution in [0.2, 0.25) is 0 Å². The monoisotopic (exact) mass is 412 g/mol. The van der Waals surface area contributed by atoms with Crippen molar-refractivity contribution in [2.45, 2.75) is 13.5 Å². The number of nitrogens with one attached hydrogen (secondary N) is 1. The summed E-state index contributed by atoms with van der Waals surface area (Å²) in [5, 5.41) is 3.68. The summed E-state index contributed by atoms with van der Waals surface area (Å²) in [6.07, 6.45) is 1.54. The van der Waals surface area contributed by atoms with Crippen LogP contribution in [0, 0.1) is 0 Å². The van der Waals surface area contributed by atoms with Crippen LogP contribution < -0.4 is 29.8 Å². The highest BCUT2D eigenvalue weighted by Crippen LogP contribution is 2.33. The molecule has 0 spiro atoms. The smallest absolute Gasteiger partial charge is 0.258 e. The minimum absolute atomic E-state index is 0.216. The van der Waals surface area contributed by atoms with Gasteiger partial charge in [-0.3, -0.25) is 9.59 Å². The fourth-order valence-corrected chi connectivity index (χ4v) is 3.22. The lowest BCUT2D eigenvalue weighted by Gasteiger charge is -2.15. The minimum atomic E-state index is -0.391. The number of anilines is 1. The van der Waals surface area contributed by atoms with Crippen molar-refractivity contribution in [3.05, 3.63) is 52.4 Å². The third kappa shape index (κ3) is 3.76. The molecule has 1 aromatic heterocycles. The lowest BCUT2D eigenvalue weighted by Crippen LogP contribution is -2.23. The standard InChI is InChI=1S/C22H24N2O6/c1-6-24-12-16(14-10-19(29-4)20(30-5)11-15(14)22(24)26)21(25)23-17-8-7-13(27-2)9-18(17)28-3/h7-12H,6H2,1-5H3,(H,23,25). The molecule has 1 heterocycles. The summed E-state index contributed by atoms with van der Waals surface area (Å²) in [5.74, 6) is 1.51. The fraction of sp³-hybridized carbons (Fsp3) is 0.273. The van der Waals surface area contributed by atoms with Crippen LogP contribution in [0.15, 0.2) is 41.3 Å². The predicted molar refractivity (Wildman–Crippen MR) is 114 cm³/mol. The first-order valence-electron chi connectivity index (χ1n) is 9.29. The van der Waals surface area contributed by atoms with Crippen molar-refractivity contribution in [2.24, 2.45) is 0 Å². The molecule has 0 bridgehead atoms. The molecule has 3 rings (SSSR count). The number of carbonyl (C=O) groups excluding carboxylic acids is 1. The summed E-state index contributed by atoms with van der Waals surface area (Å²) in [6.45, 7) is 2.25. The second-order valence-corrected chi connectivity index (χ2v) is 6.41. The van der Waals surface area contributed by atoms with Crippen LogP contribution in [-0.2, 0) is 6.54 Å². The van der Waals surface area contributed by atoms with Gasteiger partial charge in [-0.1, -0.05) is 0 Å². The Kier molecular flexibility index (Phi) is 6.15. The average Bonchev–Trinajstić information content (AvgIpc) is 2.78. The van der Waals surface area contributed by atoms with Crippen molar-refractivity contribution < 1.29 is 23.7 Å². The molecule has 0 saturated carbocycles. The number of hydrogen-bond donors (Lipinski definition) is 1. The Balaban J connectivity index is 2.16. The zero-order valence-corrected chi connectivity index (χ0v) is 17.6. The van der Waals surface area contributed by atoms with Crippen molar-refractivity contribution in [1.29, 1.82) is 0 Å². The van der Waals surface area contributed by atoms with Crippen LogP contribution in [0.4, 0.5) is 5.69 Å². The van der Waals surface area contributed by atoms with Crippen molar-refractivity contribution >= 4 is 22.4 Å². The van der Waals surface area contributed by atoms with E-state index in [0.29, 0.717) is 51.6 Å². The van der Waals surface area contributed by atoms with E-state index in [1.165, 1.54) is 25.9 Å². The number of aromatic nitrogens is 1. The molecule has 8 heteroatoms. The third-order valence-electron chi connectivity index (χ3n) is 4.83. The van der Waals surface area contributed by atoms with E-state index in [-0.39, 0.29) is 5.56 Å². The van der Waals surface area contributed by atoms with Gasteiger partial charge >= 0.3 is 0 Å². The topological polar surface area (TPSA) is 88.0 Å². The predicted octanol–water partition coefficient (Wildman–Crippen LogP) is 3.31. The van der Waals surface area contributed by atoms with E-state index in [0.717, 1.165) is 0 Å². The zero-order valence-electron chi connectivity index (χ0n) is 17.6. The molecule has 158 valence electrons. The molecule has 2 aromatic carbocycles. The van der Waals surface area contributed by atoms with E-state index in [4.69, 9.17) is 18.9 Å². The van der Waals surface area contributed by atoms with Crippen molar-refractivity contribution in [2.75, 3.05) is 33.8 Å². The number of pyridine rings is 1. The maximum Gasteiger partial charge on any atom is 0.258 e. The van der Waals surface area contributed by atoms with Gasteiger partial charge in [-0.25, -0.2) is 0 Å². The van der Waals surface area contributed by atoms with Gasteiger partial charge in [0.15, 0.2) is 11.5 Å². The Morgan fingerprint density at radius 1 is 0.900 bits per heavy atom. The number of methoxy groups -OCH3 is 4. The first kappa shape index (κ1) is 21.0. The van der Waals surface area contributed by atoms with E-state index >= 15 is 0 Å². The van der Waals surface area contributed by atoms with Gasteiger partial charge in [-0.15, -0.1) is 0 Å². The highest BCUT2D eigenvalue weighted by molar-refractivity contribution is 6.13. The average molecular weight is 412 g/mol. The summed E-state index contributed by atoms with van der Waals surface area (Å²) < 4.78 is 22.7. The van der Waals surface area contributed by atoms with Gasteiger partial charge in [0.05, 0.1) is 45.1 Å². The largest absolute Gasteiger partial charge is 0.497 e. The Morgan fingerprint density at radius 2 is 1.53 bits per heavy atom. The van der Waals surface area contributed by atoms with Gasteiger partial charge in [-0.05, 0) is 31.2 Å². The van der Waals surface area contributed by atoms with Crippen LogP contribution in [0.5, 0.6) is 23.0 Å². The number of ether oxygens (including phenoxy) is 4. The molecule has 0 aliphatic heterocycles. The number of fused-ring (bicyclic) bond motifs is 1. The van der Waals surface area contributed by atoms with Crippen LogP contribution in [0.25, 0.3) is 10.8 Å². The van der Waals surface area contributed by atoms with Crippen LogP contribution in [0.1, 0.15) is 17.3 Å². The summed E-state index contributed by atoms with van der Waals surface area (Å²) >= 11 is 0. The first-order valence-corrected chi connectivity index (χ1v) is 9.29. The number of carbonyl (C=O) groups is 1. The van der Waals surface area contributed by atoms with Gasteiger partial charge in [0, 0.05) is 24.2 Å². The molecule has 3 aromatic rings. The number of amides is 1. The third-order valence-corrected chi connectivity index (χ3v) is 4.83. The number of aryl methyl sites for hydroxylation is 1. The zero-order chi connectivity index (χ0) is 21.8. The highest BCUT2D eigenvalue weighted by Gasteiger charge is 2.19. The van der Waals surface area contributed by atoms with Gasteiger partial charge in [-0.2, -0.15) is 0 Å². The van der Waals surface area contributed by atoms with Gasteiger partial charge in [0.1, 0.15) is 11.5 Å². The number of nitrogens with zero attached hydrogens (tertiary/aromatic N) is 1.